The summed E-state index contributed by atoms with van der Waals surface area (Å²) in [5.41, 5.74) is 0. The molecule has 1 fully saturated rings. The smallest absolute Gasteiger partial charge is 0.257 e. The minimum atomic E-state index is -3.19. The minimum absolute atomic E-state index is 0.185. The molecule has 0 aliphatic carbocycles. The van der Waals surface area contributed by atoms with Crippen LogP contribution in [0.4, 0.5) is 5.82 Å². The Hall–Kier alpha value is -1.41. The molecule has 0 spiro atoms. The zero-order chi connectivity index (χ0) is 16.9. The van der Waals surface area contributed by atoms with Crippen molar-refractivity contribution in [1.82, 2.24) is 14.3 Å². The average Bonchev–Trinajstić information content (AvgIpc) is 2.53. The van der Waals surface area contributed by atoms with Crippen molar-refractivity contribution in [1.29, 1.82) is 0 Å². The van der Waals surface area contributed by atoms with Crippen molar-refractivity contribution >= 4 is 15.8 Å². The monoisotopic (exact) mass is 342 g/mol. The van der Waals surface area contributed by atoms with Gasteiger partial charge in [0, 0.05) is 33.0 Å². The van der Waals surface area contributed by atoms with Gasteiger partial charge in [-0.15, -0.1) is 0 Å². The lowest BCUT2D eigenvalue weighted by molar-refractivity contribution is 0.125. The van der Waals surface area contributed by atoms with Crippen molar-refractivity contribution in [2.45, 2.75) is 38.7 Å². The average molecular weight is 342 g/mol. The fourth-order valence-electron chi connectivity index (χ4n) is 2.58. The van der Waals surface area contributed by atoms with Crippen LogP contribution in [0.2, 0.25) is 0 Å². The van der Waals surface area contributed by atoms with Crippen LogP contribution >= 0.6 is 0 Å². The Morgan fingerprint density at radius 3 is 2.78 bits per heavy atom. The van der Waals surface area contributed by atoms with Crippen LogP contribution in [0.25, 0.3) is 0 Å². The number of piperidine rings is 1. The first kappa shape index (κ1) is 17.9. The Morgan fingerprint density at radius 1 is 1.35 bits per heavy atom. The van der Waals surface area contributed by atoms with Crippen molar-refractivity contribution in [2.75, 3.05) is 37.8 Å². The third-order valence-corrected chi connectivity index (χ3v) is 5.76. The maximum Gasteiger partial charge on any atom is 0.257 e. The highest BCUT2D eigenvalue weighted by atomic mass is 32.2. The summed E-state index contributed by atoms with van der Waals surface area (Å²) in [6, 6.07) is 0. The van der Waals surface area contributed by atoms with E-state index in [1.165, 1.54) is 0 Å². The number of sulfonamides is 1. The standard InChI is InChI=1S/C15H26N4O3S/c1-4-5-11-23(20,21)19-10-6-7-13(12-19)22-15-14(18(2)3)16-8-9-17-15/h8-9,13H,4-7,10-12H2,1-3H3. The number of aromatic nitrogens is 2. The van der Waals surface area contributed by atoms with E-state index in [0.717, 1.165) is 19.3 Å². The molecule has 7 nitrogen and oxygen atoms in total. The molecule has 1 saturated heterocycles. The summed E-state index contributed by atoms with van der Waals surface area (Å²) in [6.07, 6.45) is 6.20. The summed E-state index contributed by atoms with van der Waals surface area (Å²) in [5, 5.41) is 0. The third kappa shape index (κ3) is 4.78. The van der Waals surface area contributed by atoms with E-state index < -0.39 is 10.0 Å². The summed E-state index contributed by atoms with van der Waals surface area (Å²) < 4.78 is 32.2. The second-order valence-corrected chi connectivity index (χ2v) is 8.08. The van der Waals surface area contributed by atoms with Crippen molar-refractivity contribution in [3.05, 3.63) is 12.4 Å². The molecule has 0 radical (unpaired) electrons. The number of rotatable bonds is 7. The molecular formula is C15H26N4O3S. The predicted molar refractivity (Wildman–Crippen MR) is 90.3 cm³/mol. The SMILES string of the molecule is CCCCS(=O)(=O)N1CCCC(Oc2nccnc2N(C)C)C1. The lowest BCUT2D eigenvalue weighted by atomic mass is 10.1. The van der Waals surface area contributed by atoms with Crippen LogP contribution < -0.4 is 9.64 Å². The molecule has 1 aliphatic rings. The third-order valence-electron chi connectivity index (χ3n) is 3.84. The molecule has 2 heterocycles. The Kier molecular flexibility index (Phi) is 6.17. The Bertz CT molecular complexity index is 606. The van der Waals surface area contributed by atoms with Gasteiger partial charge < -0.3 is 9.64 Å². The predicted octanol–water partition coefficient (Wildman–Crippen LogP) is 1.52. The fourth-order valence-corrected chi connectivity index (χ4v) is 4.29. The molecule has 0 aromatic carbocycles. The Morgan fingerprint density at radius 2 is 2.09 bits per heavy atom. The summed E-state index contributed by atoms with van der Waals surface area (Å²) >= 11 is 0. The van der Waals surface area contributed by atoms with E-state index in [1.54, 1.807) is 16.7 Å². The molecule has 130 valence electrons. The van der Waals surface area contributed by atoms with Crippen LogP contribution in [0.3, 0.4) is 0 Å². The van der Waals surface area contributed by atoms with Crippen molar-refractivity contribution in [3.8, 4) is 5.88 Å². The van der Waals surface area contributed by atoms with Gasteiger partial charge in [0.2, 0.25) is 10.0 Å². The van der Waals surface area contributed by atoms with E-state index in [-0.39, 0.29) is 11.9 Å². The first-order valence-corrected chi connectivity index (χ1v) is 9.67. The van der Waals surface area contributed by atoms with Crippen LogP contribution in [0.5, 0.6) is 5.88 Å². The van der Waals surface area contributed by atoms with Gasteiger partial charge in [-0.3, -0.25) is 0 Å². The number of hydrogen-bond donors (Lipinski definition) is 0. The number of unbranched alkanes of at least 4 members (excludes halogenated alkanes) is 1. The molecule has 0 bridgehead atoms. The van der Waals surface area contributed by atoms with Crippen molar-refractivity contribution < 1.29 is 13.2 Å². The molecule has 0 N–H and O–H groups in total. The van der Waals surface area contributed by atoms with Gasteiger partial charge in [0.25, 0.3) is 5.88 Å². The van der Waals surface area contributed by atoms with Crippen LogP contribution in [-0.4, -0.2) is 61.7 Å². The van der Waals surface area contributed by atoms with Gasteiger partial charge in [-0.2, -0.15) is 4.31 Å². The highest BCUT2D eigenvalue weighted by Crippen LogP contribution is 2.25. The first-order chi connectivity index (χ1) is 10.9. The quantitative estimate of drug-likeness (QED) is 0.748. The van der Waals surface area contributed by atoms with E-state index in [1.807, 2.05) is 25.9 Å². The van der Waals surface area contributed by atoms with Gasteiger partial charge in [-0.1, -0.05) is 13.3 Å². The zero-order valence-electron chi connectivity index (χ0n) is 14.1. The highest BCUT2D eigenvalue weighted by molar-refractivity contribution is 7.89. The minimum Gasteiger partial charge on any atom is -0.470 e. The van der Waals surface area contributed by atoms with Gasteiger partial charge in [0.05, 0.1) is 12.3 Å². The maximum atomic E-state index is 12.4. The Labute approximate surface area is 138 Å². The Balaban J connectivity index is 2.05. The number of hydrogen-bond acceptors (Lipinski definition) is 6. The molecule has 1 aromatic rings. The van der Waals surface area contributed by atoms with Gasteiger partial charge in [-0.25, -0.2) is 18.4 Å². The molecular weight excluding hydrogens is 316 g/mol. The largest absolute Gasteiger partial charge is 0.470 e. The summed E-state index contributed by atoms with van der Waals surface area (Å²) in [7, 11) is 0.558. The number of ether oxygens (including phenoxy) is 1. The number of anilines is 1. The molecule has 1 unspecified atom stereocenters. The van der Waals surface area contributed by atoms with Gasteiger partial charge in [0.1, 0.15) is 6.10 Å². The van der Waals surface area contributed by atoms with Crippen molar-refractivity contribution in [2.24, 2.45) is 0 Å². The second kappa shape index (κ2) is 7.92. The highest BCUT2D eigenvalue weighted by Gasteiger charge is 2.30. The molecule has 1 atom stereocenters. The van der Waals surface area contributed by atoms with Gasteiger partial charge in [0.15, 0.2) is 5.82 Å². The van der Waals surface area contributed by atoms with Crippen LogP contribution in [0.1, 0.15) is 32.6 Å². The molecule has 8 heteroatoms. The van der Waals surface area contributed by atoms with E-state index in [2.05, 4.69) is 9.97 Å². The zero-order valence-corrected chi connectivity index (χ0v) is 14.9. The van der Waals surface area contributed by atoms with E-state index >= 15 is 0 Å². The molecule has 1 aromatic heterocycles. The van der Waals surface area contributed by atoms with Crippen LogP contribution in [-0.2, 0) is 10.0 Å². The molecule has 23 heavy (non-hydrogen) atoms. The van der Waals surface area contributed by atoms with Crippen molar-refractivity contribution in [3.63, 3.8) is 0 Å². The fraction of sp³-hybridized carbons (Fsp3) is 0.733. The van der Waals surface area contributed by atoms with E-state index in [9.17, 15) is 8.42 Å². The number of nitrogens with zero attached hydrogens (tertiary/aromatic N) is 4. The van der Waals surface area contributed by atoms with Gasteiger partial charge in [-0.05, 0) is 19.3 Å². The molecule has 0 saturated carbocycles. The van der Waals surface area contributed by atoms with Crippen LogP contribution in [0.15, 0.2) is 12.4 Å². The molecule has 1 aliphatic heterocycles. The lowest BCUT2D eigenvalue weighted by Crippen LogP contribution is -2.45. The molecule has 2 rings (SSSR count). The summed E-state index contributed by atoms with van der Waals surface area (Å²) in [6.45, 7) is 2.96. The summed E-state index contributed by atoms with van der Waals surface area (Å²) in [5.74, 6) is 1.32. The molecule has 0 amide bonds. The first-order valence-electron chi connectivity index (χ1n) is 8.07. The lowest BCUT2D eigenvalue weighted by Gasteiger charge is -2.32. The normalized spacial score (nSPS) is 19.5. The second-order valence-electron chi connectivity index (χ2n) is 5.99. The van der Waals surface area contributed by atoms with Crippen LogP contribution in [0, 0.1) is 0 Å². The van der Waals surface area contributed by atoms with Gasteiger partial charge >= 0.3 is 0 Å². The summed E-state index contributed by atoms with van der Waals surface area (Å²) in [4.78, 5) is 10.3. The topological polar surface area (TPSA) is 75.6 Å². The van der Waals surface area contributed by atoms with E-state index in [4.69, 9.17) is 4.74 Å². The maximum absolute atomic E-state index is 12.4. The van der Waals surface area contributed by atoms with E-state index in [0.29, 0.717) is 31.2 Å².